The van der Waals surface area contributed by atoms with E-state index in [-0.39, 0.29) is 5.91 Å². The Labute approximate surface area is 141 Å². The van der Waals surface area contributed by atoms with E-state index in [9.17, 15) is 4.79 Å². The monoisotopic (exact) mass is 316 g/mol. The zero-order chi connectivity index (χ0) is 16.8. The topological polar surface area (TPSA) is 41.5 Å². The Kier molecular flexibility index (Phi) is 10.9. The van der Waals surface area contributed by atoms with Gasteiger partial charge in [-0.1, -0.05) is 88.6 Å². The van der Waals surface area contributed by atoms with E-state index in [0.29, 0.717) is 6.42 Å². The van der Waals surface area contributed by atoms with Gasteiger partial charge in [-0.15, -0.1) is 0 Å². The zero-order valence-corrected chi connectivity index (χ0v) is 14.8. The summed E-state index contributed by atoms with van der Waals surface area (Å²) in [6.07, 6.45) is 12.0. The van der Waals surface area contributed by atoms with Crippen molar-refractivity contribution in [3.63, 3.8) is 0 Å². The number of benzene rings is 1. The van der Waals surface area contributed by atoms with Crippen molar-refractivity contribution in [1.82, 2.24) is 5.43 Å². The van der Waals surface area contributed by atoms with Crippen molar-refractivity contribution in [3.8, 4) is 0 Å². The van der Waals surface area contributed by atoms with Crippen molar-refractivity contribution in [1.29, 1.82) is 0 Å². The van der Waals surface area contributed by atoms with Gasteiger partial charge in [0.2, 0.25) is 5.91 Å². The molecule has 0 aliphatic heterocycles. The molecule has 0 heterocycles. The van der Waals surface area contributed by atoms with Gasteiger partial charge in [-0.2, -0.15) is 5.10 Å². The Morgan fingerprint density at radius 1 is 0.913 bits per heavy atom. The standard InChI is InChI=1S/C20H32N2O/c1-3-4-5-6-7-8-9-10-14-17-20(23)22-21-18(2)19-15-12-11-13-16-19/h11-13,15-16H,3-10,14,17H2,1-2H3,(H,22,23)/b21-18+. The smallest absolute Gasteiger partial charge is 0.240 e. The summed E-state index contributed by atoms with van der Waals surface area (Å²) >= 11 is 0. The van der Waals surface area contributed by atoms with Gasteiger partial charge in [-0.25, -0.2) is 5.43 Å². The van der Waals surface area contributed by atoms with Crippen LogP contribution in [0.1, 0.15) is 83.6 Å². The van der Waals surface area contributed by atoms with Gasteiger partial charge in [0.25, 0.3) is 0 Å². The second-order valence-corrected chi connectivity index (χ2v) is 6.18. The maximum absolute atomic E-state index is 11.8. The van der Waals surface area contributed by atoms with Crippen molar-refractivity contribution in [2.75, 3.05) is 0 Å². The van der Waals surface area contributed by atoms with Crippen molar-refractivity contribution < 1.29 is 4.79 Å². The molecule has 0 saturated carbocycles. The van der Waals surface area contributed by atoms with Crippen LogP contribution in [0.4, 0.5) is 0 Å². The van der Waals surface area contributed by atoms with Crippen LogP contribution in [0, 0.1) is 0 Å². The molecule has 0 spiro atoms. The molecule has 0 fully saturated rings. The third kappa shape index (κ3) is 9.88. The van der Waals surface area contributed by atoms with Gasteiger partial charge in [0.15, 0.2) is 0 Å². The summed E-state index contributed by atoms with van der Waals surface area (Å²) in [4.78, 5) is 11.8. The summed E-state index contributed by atoms with van der Waals surface area (Å²) in [5.41, 5.74) is 4.53. The Morgan fingerprint density at radius 2 is 1.48 bits per heavy atom. The number of nitrogens with zero attached hydrogens (tertiary/aromatic N) is 1. The van der Waals surface area contributed by atoms with Crippen molar-refractivity contribution in [2.45, 2.75) is 78.1 Å². The van der Waals surface area contributed by atoms with E-state index in [1.807, 2.05) is 37.3 Å². The summed E-state index contributed by atoms with van der Waals surface area (Å²) in [6, 6.07) is 9.90. The average molecular weight is 316 g/mol. The molecule has 1 aromatic rings. The van der Waals surface area contributed by atoms with Crippen molar-refractivity contribution in [2.24, 2.45) is 5.10 Å². The molecular formula is C20H32N2O. The first-order valence-corrected chi connectivity index (χ1v) is 9.12. The molecule has 0 atom stereocenters. The summed E-state index contributed by atoms with van der Waals surface area (Å²) in [6.45, 7) is 4.16. The average Bonchev–Trinajstić information content (AvgIpc) is 2.59. The largest absolute Gasteiger partial charge is 0.273 e. The quantitative estimate of drug-likeness (QED) is 0.311. The number of nitrogens with one attached hydrogen (secondary N) is 1. The van der Waals surface area contributed by atoms with E-state index in [1.54, 1.807) is 0 Å². The summed E-state index contributed by atoms with van der Waals surface area (Å²) in [5.74, 6) is 0.0169. The molecule has 23 heavy (non-hydrogen) atoms. The van der Waals surface area contributed by atoms with Gasteiger partial charge in [-0.05, 0) is 18.9 Å². The van der Waals surface area contributed by atoms with E-state index < -0.39 is 0 Å². The molecule has 3 heteroatoms. The molecule has 1 amide bonds. The fourth-order valence-electron chi connectivity index (χ4n) is 2.54. The van der Waals surface area contributed by atoms with Gasteiger partial charge in [-0.3, -0.25) is 4.79 Å². The minimum atomic E-state index is 0.0169. The molecule has 1 rings (SSSR count). The lowest BCUT2D eigenvalue weighted by molar-refractivity contribution is -0.121. The molecule has 1 N–H and O–H groups in total. The van der Waals surface area contributed by atoms with Gasteiger partial charge in [0.05, 0.1) is 5.71 Å². The molecule has 128 valence electrons. The third-order valence-corrected chi connectivity index (χ3v) is 4.05. The zero-order valence-electron chi connectivity index (χ0n) is 14.8. The van der Waals surface area contributed by atoms with Crippen LogP contribution in [0.5, 0.6) is 0 Å². The first-order chi connectivity index (χ1) is 11.2. The lowest BCUT2D eigenvalue weighted by Crippen LogP contribution is -2.18. The highest BCUT2D eigenvalue weighted by Crippen LogP contribution is 2.10. The molecule has 0 saturated heterocycles. The Morgan fingerprint density at radius 3 is 2.09 bits per heavy atom. The highest BCUT2D eigenvalue weighted by molar-refractivity contribution is 5.99. The molecule has 0 unspecified atom stereocenters. The highest BCUT2D eigenvalue weighted by atomic mass is 16.2. The SMILES string of the molecule is CCCCCCCCCCCC(=O)N/N=C(\C)c1ccccc1. The minimum Gasteiger partial charge on any atom is -0.273 e. The van der Waals surface area contributed by atoms with Crippen LogP contribution in [-0.4, -0.2) is 11.6 Å². The number of hydrogen-bond donors (Lipinski definition) is 1. The van der Waals surface area contributed by atoms with Crippen LogP contribution in [0.25, 0.3) is 0 Å². The minimum absolute atomic E-state index is 0.0169. The van der Waals surface area contributed by atoms with Crippen LogP contribution in [0.2, 0.25) is 0 Å². The second-order valence-electron chi connectivity index (χ2n) is 6.18. The van der Waals surface area contributed by atoms with E-state index in [0.717, 1.165) is 24.1 Å². The molecule has 0 aliphatic rings. The Hall–Kier alpha value is -1.64. The van der Waals surface area contributed by atoms with Crippen LogP contribution in [0.3, 0.4) is 0 Å². The normalized spacial score (nSPS) is 11.5. The number of carbonyl (C=O) groups excluding carboxylic acids is 1. The number of unbranched alkanes of at least 4 members (excludes halogenated alkanes) is 8. The molecule has 0 bridgehead atoms. The second kappa shape index (κ2) is 12.9. The van der Waals surface area contributed by atoms with Crippen LogP contribution in [-0.2, 0) is 4.79 Å². The third-order valence-electron chi connectivity index (χ3n) is 4.05. The molecule has 0 aliphatic carbocycles. The van der Waals surface area contributed by atoms with Crippen LogP contribution in [0.15, 0.2) is 35.4 Å². The molecule has 1 aromatic carbocycles. The maximum Gasteiger partial charge on any atom is 0.240 e. The van der Waals surface area contributed by atoms with E-state index in [2.05, 4.69) is 17.5 Å². The molecule has 0 radical (unpaired) electrons. The Bertz CT molecular complexity index is 454. The first-order valence-electron chi connectivity index (χ1n) is 9.12. The fourth-order valence-corrected chi connectivity index (χ4v) is 2.54. The number of carbonyl (C=O) groups is 1. The van der Waals surface area contributed by atoms with Gasteiger partial charge >= 0.3 is 0 Å². The van der Waals surface area contributed by atoms with Crippen LogP contribution < -0.4 is 5.43 Å². The first kappa shape index (κ1) is 19.4. The lowest BCUT2D eigenvalue weighted by Gasteiger charge is -2.03. The predicted molar refractivity (Wildman–Crippen MR) is 98.6 cm³/mol. The van der Waals surface area contributed by atoms with Gasteiger partial charge < -0.3 is 0 Å². The lowest BCUT2D eigenvalue weighted by atomic mass is 10.1. The maximum atomic E-state index is 11.8. The summed E-state index contributed by atoms with van der Waals surface area (Å²) in [7, 11) is 0. The molecular weight excluding hydrogens is 284 g/mol. The fraction of sp³-hybridized carbons (Fsp3) is 0.600. The number of hydrogen-bond acceptors (Lipinski definition) is 2. The summed E-state index contributed by atoms with van der Waals surface area (Å²) in [5, 5.41) is 4.17. The highest BCUT2D eigenvalue weighted by Gasteiger charge is 2.01. The van der Waals surface area contributed by atoms with E-state index >= 15 is 0 Å². The Balaban J connectivity index is 2.04. The van der Waals surface area contributed by atoms with Crippen molar-refractivity contribution in [3.05, 3.63) is 35.9 Å². The van der Waals surface area contributed by atoms with E-state index in [1.165, 1.54) is 44.9 Å². The van der Waals surface area contributed by atoms with Crippen molar-refractivity contribution >= 4 is 11.6 Å². The number of amides is 1. The number of rotatable bonds is 12. The van der Waals surface area contributed by atoms with E-state index in [4.69, 9.17) is 0 Å². The molecule has 0 aromatic heterocycles. The number of hydrazone groups is 1. The van der Waals surface area contributed by atoms with Gasteiger partial charge in [0, 0.05) is 6.42 Å². The predicted octanol–water partition coefficient (Wildman–Crippen LogP) is 5.45. The summed E-state index contributed by atoms with van der Waals surface area (Å²) < 4.78 is 0. The molecule has 3 nitrogen and oxygen atoms in total. The van der Waals surface area contributed by atoms with Gasteiger partial charge in [0.1, 0.15) is 0 Å². The van der Waals surface area contributed by atoms with Crippen LogP contribution >= 0.6 is 0 Å².